The van der Waals surface area contributed by atoms with Gasteiger partial charge in [-0.25, -0.2) is 4.39 Å². The Bertz CT molecular complexity index is 1100. The predicted octanol–water partition coefficient (Wildman–Crippen LogP) is 3.40. The van der Waals surface area contributed by atoms with Gasteiger partial charge in [-0.3, -0.25) is 14.3 Å². The normalized spacial score (nSPS) is 12.2. The number of fused-ring (bicyclic) bond motifs is 1. The molecule has 0 saturated carbocycles. The first-order valence-electron chi connectivity index (χ1n) is 10.4. The highest BCUT2D eigenvalue weighted by atomic mass is 19.1. The number of carboxylic acid groups (broad SMARTS) is 1. The van der Waals surface area contributed by atoms with Gasteiger partial charge in [-0.2, -0.15) is 5.10 Å². The molecule has 0 radical (unpaired) electrons. The Kier molecular flexibility index (Phi) is 7.42. The lowest BCUT2D eigenvalue weighted by molar-refractivity contribution is -0.141. The number of nitrogens with one attached hydrogen (secondary N) is 1. The minimum atomic E-state index is -1.02. The van der Waals surface area contributed by atoms with E-state index in [0.29, 0.717) is 18.2 Å². The van der Waals surface area contributed by atoms with Gasteiger partial charge in [0.05, 0.1) is 23.2 Å². The number of amides is 1. The predicted molar refractivity (Wildman–Crippen MR) is 118 cm³/mol. The summed E-state index contributed by atoms with van der Waals surface area (Å²) in [5.74, 6) is -1.73. The maximum Gasteiger partial charge on any atom is 0.308 e. The molecule has 1 atom stereocenters. The number of carbonyl (C=O) groups excluding carboxylic acids is 1. The van der Waals surface area contributed by atoms with Crippen molar-refractivity contribution in [2.45, 2.75) is 26.8 Å². The van der Waals surface area contributed by atoms with Crippen molar-refractivity contribution in [1.29, 1.82) is 0 Å². The maximum atomic E-state index is 13.3. The molecule has 8 nitrogen and oxygen atoms in total. The van der Waals surface area contributed by atoms with Crippen LogP contribution in [-0.4, -0.2) is 39.9 Å². The van der Waals surface area contributed by atoms with E-state index < -0.39 is 23.6 Å². The van der Waals surface area contributed by atoms with Crippen LogP contribution in [0.15, 0.2) is 42.6 Å². The lowest BCUT2D eigenvalue weighted by atomic mass is 10.1. The van der Waals surface area contributed by atoms with Crippen LogP contribution in [0.5, 0.6) is 11.5 Å². The van der Waals surface area contributed by atoms with Gasteiger partial charge < -0.3 is 20.9 Å². The van der Waals surface area contributed by atoms with Crippen molar-refractivity contribution in [2.24, 2.45) is 17.6 Å². The Hall–Kier alpha value is -3.46. The van der Waals surface area contributed by atoms with E-state index in [1.165, 1.54) is 24.3 Å². The lowest BCUT2D eigenvalue weighted by Gasteiger charge is -2.15. The largest absolute Gasteiger partial charge is 0.481 e. The van der Waals surface area contributed by atoms with E-state index in [-0.39, 0.29) is 30.8 Å². The van der Waals surface area contributed by atoms with Crippen LogP contribution in [0.25, 0.3) is 10.9 Å². The van der Waals surface area contributed by atoms with Gasteiger partial charge in [0.15, 0.2) is 0 Å². The summed E-state index contributed by atoms with van der Waals surface area (Å²) in [6.07, 6.45) is 1.94. The third-order valence-corrected chi connectivity index (χ3v) is 4.94. The molecule has 1 amide bonds. The second-order valence-electron chi connectivity index (χ2n) is 8.01. The first kappa shape index (κ1) is 23.2. The third-order valence-electron chi connectivity index (χ3n) is 4.94. The fourth-order valence-corrected chi connectivity index (χ4v) is 3.31. The van der Waals surface area contributed by atoms with Crippen molar-refractivity contribution in [3.05, 3.63) is 54.0 Å². The quantitative estimate of drug-likeness (QED) is 0.443. The average molecular weight is 442 g/mol. The van der Waals surface area contributed by atoms with E-state index in [1.54, 1.807) is 18.3 Å². The minimum Gasteiger partial charge on any atom is -0.481 e. The fourth-order valence-electron chi connectivity index (χ4n) is 3.31. The zero-order chi connectivity index (χ0) is 23.3. The molecular weight excluding hydrogens is 415 g/mol. The zero-order valence-corrected chi connectivity index (χ0v) is 18.0. The van der Waals surface area contributed by atoms with Crippen molar-refractivity contribution in [3.63, 3.8) is 0 Å². The number of hydrogen-bond donors (Lipinski definition) is 3. The number of nitrogens with two attached hydrogens (primary N) is 1. The van der Waals surface area contributed by atoms with Crippen LogP contribution in [0, 0.1) is 17.7 Å². The van der Waals surface area contributed by atoms with Gasteiger partial charge in [0.2, 0.25) is 0 Å². The Morgan fingerprint density at radius 2 is 1.97 bits per heavy atom. The zero-order valence-electron chi connectivity index (χ0n) is 18.0. The number of carbonyl (C=O) groups is 2. The SMILES string of the molecule is CC(C)Cn1ncc2cc(Oc3ccc(F)cc3)c(C(=O)NCC(CCN)C(=O)O)cc21. The molecular formula is C23H27FN4O4. The Balaban J connectivity index is 1.96. The highest BCUT2D eigenvalue weighted by Gasteiger charge is 2.21. The number of aromatic nitrogens is 2. The summed E-state index contributed by atoms with van der Waals surface area (Å²) in [4.78, 5) is 24.4. The molecule has 3 aromatic rings. The molecule has 0 spiro atoms. The van der Waals surface area contributed by atoms with Crippen molar-refractivity contribution in [1.82, 2.24) is 15.1 Å². The van der Waals surface area contributed by atoms with Crippen LogP contribution < -0.4 is 15.8 Å². The van der Waals surface area contributed by atoms with Gasteiger partial charge in [-0.15, -0.1) is 0 Å². The number of aliphatic carboxylic acids is 1. The molecule has 1 aromatic heterocycles. The van der Waals surface area contributed by atoms with E-state index in [9.17, 15) is 19.1 Å². The molecule has 1 heterocycles. The van der Waals surface area contributed by atoms with Gasteiger partial charge in [-0.1, -0.05) is 13.8 Å². The summed E-state index contributed by atoms with van der Waals surface area (Å²) in [6.45, 7) is 4.93. The molecule has 0 fully saturated rings. The molecule has 170 valence electrons. The highest BCUT2D eigenvalue weighted by molar-refractivity contribution is 6.01. The average Bonchev–Trinajstić information content (AvgIpc) is 3.12. The molecule has 2 aromatic carbocycles. The van der Waals surface area contributed by atoms with Gasteiger partial charge in [0, 0.05) is 18.5 Å². The van der Waals surface area contributed by atoms with Crippen LogP contribution in [0.3, 0.4) is 0 Å². The van der Waals surface area contributed by atoms with Crippen LogP contribution in [0.1, 0.15) is 30.6 Å². The Labute approximate surface area is 185 Å². The molecule has 3 rings (SSSR count). The van der Waals surface area contributed by atoms with Crippen molar-refractivity contribution in [3.8, 4) is 11.5 Å². The molecule has 0 aliphatic rings. The van der Waals surface area contributed by atoms with Crippen molar-refractivity contribution < 1.29 is 23.8 Å². The summed E-state index contributed by atoms with van der Waals surface area (Å²) in [7, 11) is 0. The van der Waals surface area contributed by atoms with Crippen LogP contribution >= 0.6 is 0 Å². The molecule has 4 N–H and O–H groups in total. The van der Waals surface area contributed by atoms with Crippen LogP contribution in [0.4, 0.5) is 4.39 Å². The van der Waals surface area contributed by atoms with Crippen LogP contribution in [-0.2, 0) is 11.3 Å². The summed E-state index contributed by atoms with van der Waals surface area (Å²) in [5.41, 5.74) is 6.46. The van der Waals surface area contributed by atoms with E-state index in [2.05, 4.69) is 24.3 Å². The standard InChI is InChI=1S/C23H27FN4O4/c1-14(2)13-28-20-10-19(22(29)26-11-15(7-8-25)23(30)31)21(9-16(20)12-27-28)32-18-5-3-17(24)4-6-18/h3-6,9-10,12,14-15H,7-8,11,13,25H2,1-2H3,(H,26,29)(H,30,31). The van der Waals surface area contributed by atoms with Crippen molar-refractivity contribution in [2.75, 3.05) is 13.1 Å². The van der Waals surface area contributed by atoms with Gasteiger partial charge in [0.1, 0.15) is 17.3 Å². The lowest BCUT2D eigenvalue weighted by Crippen LogP contribution is -2.34. The smallest absolute Gasteiger partial charge is 0.308 e. The minimum absolute atomic E-state index is 0.0648. The highest BCUT2D eigenvalue weighted by Crippen LogP contribution is 2.31. The monoisotopic (exact) mass is 442 g/mol. The Morgan fingerprint density at radius 3 is 2.59 bits per heavy atom. The topological polar surface area (TPSA) is 119 Å². The van der Waals surface area contributed by atoms with E-state index in [0.717, 1.165) is 10.9 Å². The first-order chi connectivity index (χ1) is 15.3. The van der Waals surface area contributed by atoms with Crippen molar-refractivity contribution >= 4 is 22.8 Å². The summed E-state index contributed by atoms with van der Waals surface area (Å²) in [5, 5.41) is 17.2. The number of benzene rings is 2. The number of carboxylic acids is 1. The van der Waals surface area contributed by atoms with E-state index in [1.807, 2.05) is 4.68 Å². The fraction of sp³-hybridized carbons (Fsp3) is 0.348. The summed E-state index contributed by atoms with van der Waals surface area (Å²) in [6, 6.07) is 8.83. The molecule has 32 heavy (non-hydrogen) atoms. The summed E-state index contributed by atoms with van der Waals surface area (Å²) >= 11 is 0. The second kappa shape index (κ2) is 10.2. The molecule has 9 heteroatoms. The molecule has 0 bridgehead atoms. The molecule has 1 unspecified atom stereocenters. The molecule has 0 aliphatic carbocycles. The molecule has 0 aliphatic heterocycles. The van der Waals surface area contributed by atoms with Gasteiger partial charge in [-0.05, 0) is 55.3 Å². The number of rotatable bonds is 10. The number of halogens is 1. The number of hydrogen-bond acceptors (Lipinski definition) is 5. The number of ether oxygens (including phenoxy) is 1. The Morgan fingerprint density at radius 1 is 1.25 bits per heavy atom. The second-order valence-corrected chi connectivity index (χ2v) is 8.01. The summed E-state index contributed by atoms with van der Waals surface area (Å²) < 4.78 is 21.0. The van der Waals surface area contributed by atoms with E-state index in [4.69, 9.17) is 10.5 Å². The maximum absolute atomic E-state index is 13.3. The molecule has 0 saturated heterocycles. The number of nitrogens with zero attached hydrogens (tertiary/aromatic N) is 2. The third kappa shape index (κ3) is 5.61. The first-order valence-corrected chi connectivity index (χ1v) is 10.4. The van der Waals surface area contributed by atoms with Gasteiger partial charge in [0.25, 0.3) is 5.91 Å². The van der Waals surface area contributed by atoms with Gasteiger partial charge >= 0.3 is 5.97 Å². The van der Waals surface area contributed by atoms with E-state index >= 15 is 0 Å². The van der Waals surface area contributed by atoms with Crippen LogP contribution in [0.2, 0.25) is 0 Å².